The number of sulfonamides is 1. The molecule has 0 saturated carbocycles. The predicted molar refractivity (Wildman–Crippen MR) is 140 cm³/mol. The molecule has 1 aliphatic rings. The van der Waals surface area contributed by atoms with Gasteiger partial charge in [0, 0.05) is 17.4 Å². The fourth-order valence-corrected chi connectivity index (χ4v) is 6.06. The Bertz CT molecular complexity index is 1490. The fraction of sp³-hybridized carbons (Fsp3) is 0.115. The van der Waals surface area contributed by atoms with Crippen molar-refractivity contribution in [2.45, 2.75) is 16.8 Å². The number of carbonyl (C=O) groups excluding carboxylic acids is 2. The Morgan fingerprint density at radius 1 is 1.03 bits per heavy atom. The van der Waals surface area contributed by atoms with E-state index in [1.54, 1.807) is 47.7 Å². The van der Waals surface area contributed by atoms with Gasteiger partial charge in [-0.25, -0.2) is 8.42 Å². The van der Waals surface area contributed by atoms with Crippen LogP contribution in [0.5, 0.6) is 0 Å². The van der Waals surface area contributed by atoms with Crippen molar-refractivity contribution in [1.82, 2.24) is 9.88 Å². The number of aromatic nitrogens is 1. The van der Waals surface area contributed by atoms with Crippen LogP contribution in [0, 0.1) is 0 Å². The van der Waals surface area contributed by atoms with Gasteiger partial charge >= 0.3 is 0 Å². The van der Waals surface area contributed by atoms with Crippen molar-refractivity contribution in [3.8, 4) is 0 Å². The number of nitrogens with zero attached hydrogens (tertiary/aromatic N) is 2. The summed E-state index contributed by atoms with van der Waals surface area (Å²) in [6, 6.07) is 19.8. The number of hydrogen-bond acceptors (Lipinski definition) is 7. The topological polar surface area (TPSA) is 122 Å². The van der Waals surface area contributed by atoms with Crippen LogP contribution in [-0.4, -0.2) is 35.9 Å². The van der Waals surface area contributed by atoms with Crippen LogP contribution in [0.2, 0.25) is 0 Å². The summed E-state index contributed by atoms with van der Waals surface area (Å²) in [5.74, 6) is 0.799. The first-order valence-corrected chi connectivity index (χ1v) is 13.8. The first-order chi connectivity index (χ1) is 17.9. The second kappa shape index (κ2) is 10.5. The summed E-state index contributed by atoms with van der Waals surface area (Å²) in [6.07, 6.45) is 4.54. The standard InChI is InChI=1S/C26H22N4O5S2/c31-24-17-36-26(30(24)16-22-4-2-14-35-22)19-7-5-18(6-8-19)25(32)28-20-9-11-23(12-10-20)37(33,34)29-21-3-1-13-27-15-21/h1-15,26,29H,16-17H2,(H,28,32)/t26-/m1/s1. The van der Waals surface area contributed by atoms with Crippen LogP contribution in [0.25, 0.3) is 0 Å². The van der Waals surface area contributed by atoms with E-state index in [9.17, 15) is 18.0 Å². The predicted octanol–water partition coefficient (Wildman–Crippen LogP) is 4.50. The van der Waals surface area contributed by atoms with E-state index in [1.807, 2.05) is 18.2 Å². The van der Waals surface area contributed by atoms with Crippen LogP contribution in [0.3, 0.4) is 0 Å². The van der Waals surface area contributed by atoms with Crippen molar-refractivity contribution in [3.63, 3.8) is 0 Å². The number of pyridine rings is 1. The Kier molecular flexibility index (Phi) is 6.97. The molecule has 2 aromatic heterocycles. The van der Waals surface area contributed by atoms with Crippen molar-refractivity contribution in [2.75, 3.05) is 15.8 Å². The normalized spacial score (nSPS) is 15.5. The van der Waals surface area contributed by atoms with Gasteiger partial charge in [0.2, 0.25) is 5.91 Å². The van der Waals surface area contributed by atoms with Crippen LogP contribution in [-0.2, 0) is 21.4 Å². The number of thioether (sulfide) groups is 1. The molecule has 0 spiro atoms. The number of amides is 2. The molecule has 1 fully saturated rings. The molecule has 2 N–H and O–H groups in total. The van der Waals surface area contributed by atoms with Crippen molar-refractivity contribution < 1.29 is 22.4 Å². The van der Waals surface area contributed by atoms with Gasteiger partial charge in [0.05, 0.1) is 35.3 Å². The number of benzene rings is 2. The molecule has 0 bridgehead atoms. The lowest BCUT2D eigenvalue weighted by atomic mass is 10.1. The number of nitrogens with one attached hydrogen (secondary N) is 2. The van der Waals surface area contributed by atoms with Gasteiger partial charge in [-0.15, -0.1) is 11.8 Å². The Morgan fingerprint density at radius 3 is 2.49 bits per heavy atom. The molecule has 0 unspecified atom stereocenters. The lowest BCUT2D eigenvalue weighted by Gasteiger charge is -2.23. The Hall–Kier alpha value is -4.09. The van der Waals surface area contributed by atoms with Gasteiger partial charge in [0.1, 0.15) is 11.1 Å². The summed E-state index contributed by atoms with van der Waals surface area (Å²) in [6.45, 7) is 0.384. The van der Waals surface area contributed by atoms with Crippen LogP contribution in [0.1, 0.15) is 27.1 Å². The smallest absolute Gasteiger partial charge is 0.261 e. The molecule has 9 nitrogen and oxygen atoms in total. The maximum atomic E-state index is 12.8. The average Bonchev–Trinajstić information content (AvgIpc) is 3.55. The molecular weight excluding hydrogens is 512 g/mol. The van der Waals surface area contributed by atoms with Gasteiger partial charge in [0.15, 0.2) is 0 Å². The molecule has 1 atom stereocenters. The average molecular weight is 535 g/mol. The number of rotatable bonds is 8. The fourth-order valence-electron chi connectivity index (χ4n) is 3.83. The molecule has 0 radical (unpaired) electrons. The minimum Gasteiger partial charge on any atom is -0.467 e. The summed E-state index contributed by atoms with van der Waals surface area (Å²) in [5.41, 5.74) is 2.16. The first kappa shape index (κ1) is 24.6. The van der Waals surface area contributed by atoms with Crippen molar-refractivity contribution in [1.29, 1.82) is 0 Å². The Labute approximate surface area is 218 Å². The molecule has 1 aliphatic heterocycles. The monoisotopic (exact) mass is 534 g/mol. The van der Waals surface area contributed by atoms with Gasteiger partial charge in [-0.1, -0.05) is 12.1 Å². The zero-order chi connectivity index (χ0) is 25.8. The second-order valence-corrected chi connectivity index (χ2v) is 11.0. The van der Waals surface area contributed by atoms with Crippen molar-refractivity contribution in [3.05, 3.63) is 108 Å². The summed E-state index contributed by atoms with van der Waals surface area (Å²) >= 11 is 1.53. The van der Waals surface area contributed by atoms with E-state index in [0.29, 0.717) is 35.0 Å². The molecule has 188 valence electrons. The lowest BCUT2D eigenvalue weighted by Crippen LogP contribution is -2.27. The highest BCUT2D eigenvalue weighted by atomic mass is 32.2. The van der Waals surface area contributed by atoms with Crippen molar-refractivity contribution >= 4 is 45.0 Å². The van der Waals surface area contributed by atoms with Crippen LogP contribution in [0.15, 0.2) is 101 Å². The van der Waals surface area contributed by atoms with Crippen molar-refractivity contribution in [2.24, 2.45) is 0 Å². The third-order valence-corrected chi connectivity index (χ3v) is 8.32. The molecule has 2 aromatic carbocycles. The van der Waals surface area contributed by atoms with Crippen LogP contribution < -0.4 is 10.0 Å². The van der Waals surface area contributed by atoms with E-state index >= 15 is 0 Å². The second-order valence-electron chi connectivity index (χ2n) is 8.21. The Balaban J connectivity index is 1.23. The third kappa shape index (κ3) is 5.68. The summed E-state index contributed by atoms with van der Waals surface area (Å²) in [5, 5.41) is 2.61. The number of carbonyl (C=O) groups is 2. The molecular formula is C26H22N4O5S2. The number of hydrogen-bond donors (Lipinski definition) is 2. The minimum atomic E-state index is -3.79. The van der Waals surface area contributed by atoms with E-state index in [1.165, 1.54) is 42.2 Å². The molecule has 3 heterocycles. The highest BCUT2D eigenvalue weighted by Gasteiger charge is 2.33. The molecule has 2 amide bonds. The largest absolute Gasteiger partial charge is 0.467 e. The third-order valence-electron chi connectivity index (χ3n) is 5.67. The zero-order valence-corrected chi connectivity index (χ0v) is 21.0. The number of furan rings is 1. The molecule has 0 aliphatic carbocycles. The van der Waals surface area contributed by atoms with E-state index in [0.717, 1.165) is 5.56 Å². The zero-order valence-electron chi connectivity index (χ0n) is 19.4. The summed E-state index contributed by atoms with van der Waals surface area (Å²) < 4.78 is 33.0. The van der Waals surface area contributed by atoms with Crippen LogP contribution >= 0.6 is 11.8 Å². The van der Waals surface area contributed by atoms with Gasteiger partial charge in [-0.2, -0.15) is 0 Å². The van der Waals surface area contributed by atoms with E-state index < -0.39 is 10.0 Å². The summed E-state index contributed by atoms with van der Waals surface area (Å²) in [4.78, 5) is 30.9. The van der Waals surface area contributed by atoms with Gasteiger partial charge in [0.25, 0.3) is 15.9 Å². The molecule has 5 rings (SSSR count). The van der Waals surface area contributed by atoms with Gasteiger partial charge in [-0.3, -0.25) is 19.3 Å². The van der Waals surface area contributed by atoms with Crippen LogP contribution in [0.4, 0.5) is 11.4 Å². The Morgan fingerprint density at radius 2 is 1.81 bits per heavy atom. The highest BCUT2D eigenvalue weighted by molar-refractivity contribution is 8.00. The molecule has 11 heteroatoms. The minimum absolute atomic E-state index is 0.0364. The molecule has 4 aromatic rings. The first-order valence-electron chi connectivity index (χ1n) is 11.3. The lowest BCUT2D eigenvalue weighted by molar-refractivity contribution is -0.128. The van der Waals surface area contributed by atoms with E-state index in [2.05, 4.69) is 15.0 Å². The molecule has 37 heavy (non-hydrogen) atoms. The van der Waals surface area contributed by atoms with E-state index in [-0.39, 0.29) is 22.1 Å². The number of anilines is 2. The SMILES string of the molecule is O=C(Nc1ccc(S(=O)(=O)Nc2cccnc2)cc1)c1ccc([C@H]2SCC(=O)N2Cc2ccco2)cc1. The maximum Gasteiger partial charge on any atom is 0.261 e. The van der Waals surface area contributed by atoms with E-state index in [4.69, 9.17) is 4.42 Å². The van der Waals surface area contributed by atoms with Gasteiger partial charge in [-0.05, 0) is 66.2 Å². The highest BCUT2D eigenvalue weighted by Crippen LogP contribution is 2.39. The molecule has 1 saturated heterocycles. The summed E-state index contributed by atoms with van der Waals surface area (Å²) in [7, 11) is -3.79. The maximum absolute atomic E-state index is 12.8. The quantitative estimate of drug-likeness (QED) is 0.341. The van der Waals surface area contributed by atoms with Gasteiger partial charge < -0.3 is 14.6 Å².